The quantitative estimate of drug-likeness (QED) is 0.303. The highest BCUT2D eigenvalue weighted by molar-refractivity contribution is 9.10. The summed E-state index contributed by atoms with van der Waals surface area (Å²) in [6.45, 7) is 0.376. The lowest BCUT2D eigenvalue weighted by Gasteiger charge is -2.35. The fourth-order valence-corrected chi connectivity index (χ4v) is 6.79. The van der Waals surface area contributed by atoms with E-state index in [9.17, 15) is 18.0 Å². The number of sulfonamides is 1. The molecular weight excluding hydrogens is 646 g/mol. The van der Waals surface area contributed by atoms with Crippen molar-refractivity contribution in [1.29, 1.82) is 0 Å². The average molecular weight is 685 g/mol. The molecule has 2 amide bonds. The number of hydrogen-bond donors (Lipinski definition) is 1. The Labute approximate surface area is 267 Å². The van der Waals surface area contributed by atoms with Crippen molar-refractivity contribution in [3.05, 3.63) is 88.4 Å². The second-order valence-electron chi connectivity index (χ2n) is 11.3. The SMILES string of the molecule is CS(=O)(=O)N(CC(=O)N(Cc1ccc(Br)cc1)[C@H](Cc1ccccc1)C(=O)NC1CCCCC1)c1ccc2c(c1)OCCO2. The Morgan fingerprint density at radius 3 is 2.27 bits per heavy atom. The average Bonchev–Trinajstić information content (AvgIpc) is 3.02. The van der Waals surface area contributed by atoms with Gasteiger partial charge in [-0.25, -0.2) is 8.42 Å². The van der Waals surface area contributed by atoms with Crippen LogP contribution in [0.25, 0.3) is 0 Å². The lowest BCUT2D eigenvalue weighted by molar-refractivity contribution is -0.140. The standard InChI is InChI=1S/C33H38BrN3O6S/c1-44(40,41)37(28-16-17-30-31(21-28)43-19-18-42-30)23-32(38)36(22-25-12-14-26(34)15-13-25)29(20-24-8-4-2-5-9-24)33(39)35-27-10-6-3-7-11-27/h2,4-5,8-9,12-17,21,27,29H,3,6-7,10-11,18-20,22-23H2,1H3,(H,35,39)/t29-/m1/s1. The van der Waals surface area contributed by atoms with Gasteiger partial charge in [-0.2, -0.15) is 0 Å². The van der Waals surface area contributed by atoms with Crippen molar-refractivity contribution in [2.45, 2.75) is 57.2 Å². The normalized spacial score (nSPS) is 15.7. The van der Waals surface area contributed by atoms with Gasteiger partial charge < -0.3 is 19.7 Å². The fourth-order valence-electron chi connectivity index (χ4n) is 5.69. The number of hydrogen-bond acceptors (Lipinski definition) is 6. The van der Waals surface area contributed by atoms with Gasteiger partial charge in [0.1, 0.15) is 25.8 Å². The topological polar surface area (TPSA) is 105 Å². The molecule has 0 saturated heterocycles. The zero-order chi connectivity index (χ0) is 31.1. The molecule has 234 valence electrons. The summed E-state index contributed by atoms with van der Waals surface area (Å²) in [5.74, 6) is 0.193. The first-order chi connectivity index (χ1) is 21.2. The number of carbonyl (C=O) groups is 2. The van der Waals surface area contributed by atoms with Gasteiger partial charge in [-0.1, -0.05) is 77.7 Å². The number of halogens is 1. The van der Waals surface area contributed by atoms with E-state index in [-0.39, 0.29) is 30.6 Å². The first kappa shape index (κ1) is 31.8. The molecule has 1 fully saturated rings. The van der Waals surface area contributed by atoms with E-state index in [1.165, 1.54) is 4.90 Å². The van der Waals surface area contributed by atoms with Gasteiger partial charge in [0, 0.05) is 29.5 Å². The van der Waals surface area contributed by atoms with E-state index >= 15 is 0 Å². The molecule has 5 rings (SSSR count). The second kappa shape index (κ2) is 14.5. The second-order valence-corrected chi connectivity index (χ2v) is 14.1. The van der Waals surface area contributed by atoms with E-state index in [1.54, 1.807) is 18.2 Å². The molecule has 11 heteroatoms. The Balaban J connectivity index is 1.50. The van der Waals surface area contributed by atoms with Crippen molar-refractivity contribution in [3.63, 3.8) is 0 Å². The predicted molar refractivity (Wildman–Crippen MR) is 173 cm³/mol. The number of rotatable bonds is 11. The van der Waals surface area contributed by atoms with Crippen LogP contribution in [0.4, 0.5) is 5.69 Å². The zero-order valence-corrected chi connectivity index (χ0v) is 27.2. The summed E-state index contributed by atoms with van der Waals surface area (Å²) < 4.78 is 39.4. The molecule has 0 aromatic heterocycles. The summed E-state index contributed by atoms with van der Waals surface area (Å²) in [6, 6.07) is 21.1. The molecule has 9 nitrogen and oxygen atoms in total. The molecule has 0 bridgehead atoms. The van der Waals surface area contributed by atoms with E-state index in [1.807, 2.05) is 54.6 Å². The van der Waals surface area contributed by atoms with Gasteiger partial charge in [-0.3, -0.25) is 13.9 Å². The zero-order valence-electron chi connectivity index (χ0n) is 24.8. The van der Waals surface area contributed by atoms with E-state index < -0.39 is 28.5 Å². The number of amides is 2. The summed E-state index contributed by atoms with van der Waals surface area (Å²) >= 11 is 3.46. The number of nitrogens with one attached hydrogen (secondary N) is 1. The highest BCUT2D eigenvalue weighted by Gasteiger charge is 2.34. The number of fused-ring (bicyclic) bond motifs is 1. The summed E-state index contributed by atoms with van der Waals surface area (Å²) in [7, 11) is -3.90. The van der Waals surface area contributed by atoms with Gasteiger partial charge in [0.05, 0.1) is 11.9 Å². The van der Waals surface area contributed by atoms with Crippen molar-refractivity contribution in [1.82, 2.24) is 10.2 Å². The lowest BCUT2D eigenvalue weighted by Crippen LogP contribution is -2.55. The number of nitrogens with zero attached hydrogens (tertiary/aromatic N) is 2. The molecule has 1 saturated carbocycles. The molecule has 0 spiro atoms. The van der Waals surface area contributed by atoms with Crippen LogP contribution in [0.15, 0.2) is 77.3 Å². The Hall–Kier alpha value is -3.57. The van der Waals surface area contributed by atoms with Crippen molar-refractivity contribution < 1.29 is 27.5 Å². The molecular formula is C33H38BrN3O6S. The predicted octanol–water partition coefficient (Wildman–Crippen LogP) is 5.08. The molecule has 44 heavy (non-hydrogen) atoms. The van der Waals surface area contributed by atoms with E-state index in [4.69, 9.17) is 9.47 Å². The van der Waals surface area contributed by atoms with Gasteiger partial charge in [0.2, 0.25) is 21.8 Å². The molecule has 1 atom stereocenters. The minimum atomic E-state index is -3.90. The van der Waals surface area contributed by atoms with Crippen LogP contribution in [0.3, 0.4) is 0 Å². The van der Waals surface area contributed by atoms with Crippen LogP contribution < -0.4 is 19.1 Å². The highest BCUT2D eigenvalue weighted by Crippen LogP contribution is 2.35. The fraction of sp³-hybridized carbons (Fsp3) is 0.394. The largest absolute Gasteiger partial charge is 0.486 e. The molecule has 1 aliphatic carbocycles. The van der Waals surface area contributed by atoms with Gasteiger partial charge in [0.15, 0.2) is 11.5 Å². The van der Waals surface area contributed by atoms with E-state index in [0.29, 0.717) is 24.7 Å². The Morgan fingerprint density at radius 1 is 0.909 bits per heavy atom. The maximum absolute atomic E-state index is 14.3. The molecule has 0 unspecified atom stereocenters. The van der Waals surface area contributed by atoms with Gasteiger partial charge in [-0.15, -0.1) is 0 Å². The molecule has 0 radical (unpaired) electrons. The molecule has 1 aliphatic heterocycles. The highest BCUT2D eigenvalue weighted by atomic mass is 79.9. The minimum Gasteiger partial charge on any atom is -0.486 e. The monoisotopic (exact) mass is 683 g/mol. The first-order valence-electron chi connectivity index (χ1n) is 14.9. The maximum Gasteiger partial charge on any atom is 0.244 e. The minimum absolute atomic E-state index is 0.0457. The van der Waals surface area contributed by atoms with Crippen molar-refractivity contribution in [3.8, 4) is 11.5 Å². The van der Waals surface area contributed by atoms with E-state index in [2.05, 4.69) is 21.2 Å². The molecule has 1 heterocycles. The summed E-state index contributed by atoms with van der Waals surface area (Å²) in [5.41, 5.74) is 1.99. The van der Waals surface area contributed by atoms with Crippen LogP contribution in [-0.2, 0) is 32.6 Å². The third kappa shape index (κ3) is 8.32. The van der Waals surface area contributed by atoms with E-state index in [0.717, 1.165) is 58.3 Å². The van der Waals surface area contributed by atoms with Crippen LogP contribution in [0.5, 0.6) is 11.5 Å². The molecule has 1 N–H and O–H groups in total. The maximum atomic E-state index is 14.3. The Morgan fingerprint density at radius 2 is 1.59 bits per heavy atom. The number of benzene rings is 3. The third-order valence-corrected chi connectivity index (χ3v) is 9.65. The number of ether oxygens (including phenoxy) is 2. The number of anilines is 1. The Kier molecular flexibility index (Phi) is 10.5. The summed E-state index contributed by atoms with van der Waals surface area (Å²) in [6.07, 6.45) is 6.39. The van der Waals surface area contributed by atoms with Crippen LogP contribution in [0, 0.1) is 0 Å². The molecule has 3 aromatic carbocycles. The smallest absolute Gasteiger partial charge is 0.244 e. The third-order valence-electron chi connectivity index (χ3n) is 7.98. The van der Waals surface area contributed by atoms with Crippen molar-refractivity contribution in [2.24, 2.45) is 0 Å². The van der Waals surface area contributed by atoms with Crippen LogP contribution in [0.2, 0.25) is 0 Å². The van der Waals surface area contributed by atoms with Crippen molar-refractivity contribution >= 4 is 43.5 Å². The van der Waals surface area contributed by atoms with Gasteiger partial charge in [0.25, 0.3) is 0 Å². The molecule has 2 aliphatic rings. The lowest BCUT2D eigenvalue weighted by atomic mass is 9.94. The van der Waals surface area contributed by atoms with Gasteiger partial charge >= 0.3 is 0 Å². The van der Waals surface area contributed by atoms with Gasteiger partial charge in [-0.05, 0) is 48.2 Å². The summed E-state index contributed by atoms with van der Waals surface area (Å²) in [4.78, 5) is 29.9. The van der Waals surface area contributed by atoms with Crippen LogP contribution in [-0.4, -0.2) is 63.2 Å². The van der Waals surface area contributed by atoms with Crippen LogP contribution in [0.1, 0.15) is 43.2 Å². The van der Waals surface area contributed by atoms with Crippen molar-refractivity contribution in [2.75, 3.05) is 30.3 Å². The molecule has 3 aromatic rings. The van der Waals surface area contributed by atoms with Crippen LogP contribution >= 0.6 is 15.9 Å². The Bertz CT molecular complexity index is 1550. The number of carbonyl (C=O) groups excluding carboxylic acids is 2. The summed E-state index contributed by atoms with van der Waals surface area (Å²) in [5, 5.41) is 3.22. The first-order valence-corrected chi connectivity index (χ1v) is 17.6.